The summed E-state index contributed by atoms with van der Waals surface area (Å²) in [7, 11) is 0. The highest BCUT2D eigenvalue weighted by Gasteiger charge is 2.33. The van der Waals surface area contributed by atoms with Gasteiger partial charge in [-0.1, -0.05) is 0 Å². The van der Waals surface area contributed by atoms with Crippen LogP contribution in [-0.2, 0) is 0 Å². The van der Waals surface area contributed by atoms with E-state index in [1.807, 2.05) is 6.07 Å². The fraction of sp³-hybridized carbons (Fsp3) is 0.200. The third-order valence-corrected chi connectivity index (χ3v) is 3.23. The number of amides is 1. The molecule has 0 radical (unpaired) electrons. The highest BCUT2D eigenvalue weighted by molar-refractivity contribution is 5.94. The molecule has 7 nitrogen and oxygen atoms in total. The standard InChI is InChI=1S/C15H11N3O4/c16-6-10-3-4-17-13(5-10)22-12-7-18(8-12)15(20)11-1-2-14(19)21-9-11/h1-5,9,12H,7-8H2. The lowest BCUT2D eigenvalue weighted by molar-refractivity contribution is 0.0158. The van der Waals surface area contributed by atoms with Gasteiger partial charge in [-0.2, -0.15) is 5.26 Å². The van der Waals surface area contributed by atoms with Crippen LogP contribution in [0.5, 0.6) is 5.88 Å². The van der Waals surface area contributed by atoms with Crippen molar-refractivity contribution in [3.05, 3.63) is 58.3 Å². The summed E-state index contributed by atoms with van der Waals surface area (Å²) in [5.74, 6) is 0.143. The van der Waals surface area contributed by atoms with Crippen LogP contribution < -0.4 is 10.4 Å². The van der Waals surface area contributed by atoms with Gasteiger partial charge < -0.3 is 14.1 Å². The van der Waals surface area contributed by atoms with Gasteiger partial charge in [0.25, 0.3) is 5.91 Å². The van der Waals surface area contributed by atoms with Crippen LogP contribution in [0.4, 0.5) is 0 Å². The first-order valence-electron chi connectivity index (χ1n) is 6.56. The quantitative estimate of drug-likeness (QED) is 0.831. The van der Waals surface area contributed by atoms with E-state index >= 15 is 0 Å². The van der Waals surface area contributed by atoms with Crippen molar-refractivity contribution in [2.75, 3.05) is 13.1 Å². The maximum atomic E-state index is 12.1. The number of likely N-dealkylation sites (tertiary alicyclic amines) is 1. The molecule has 0 bridgehead atoms. The minimum absolute atomic E-state index is 0.166. The number of nitrogens with zero attached hydrogens (tertiary/aromatic N) is 3. The second kappa shape index (κ2) is 5.69. The molecule has 110 valence electrons. The molecule has 2 aromatic heterocycles. The van der Waals surface area contributed by atoms with Gasteiger partial charge in [-0.05, 0) is 12.1 Å². The molecule has 0 spiro atoms. The SMILES string of the molecule is N#Cc1ccnc(OC2CN(C(=O)c3ccc(=O)oc3)C2)c1. The van der Waals surface area contributed by atoms with Crippen LogP contribution in [0, 0.1) is 11.3 Å². The molecule has 3 heterocycles. The minimum Gasteiger partial charge on any atom is -0.471 e. The van der Waals surface area contributed by atoms with Gasteiger partial charge in [0.05, 0.1) is 30.3 Å². The zero-order valence-electron chi connectivity index (χ0n) is 11.4. The Morgan fingerprint density at radius 1 is 1.41 bits per heavy atom. The van der Waals surface area contributed by atoms with E-state index in [2.05, 4.69) is 9.40 Å². The smallest absolute Gasteiger partial charge is 0.335 e. The predicted molar refractivity (Wildman–Crippen MR) is 74.2 cm³/mol. The second-order valence-corrected chi connectivity index (χ2v) is 4.79. The topological polar surface area (TPSA) is 96.4 Å². The Hall–Kier alpha value is -3.14. The fourth-order valence-corrected chi connectivity index (χ4v) is 2.05. The summed E-state index contributed by atoms with van der Waals surface area (Å²) < 4.78 is 10.3. The van der Waals surface area contributed by atoms with Gasteiger partial charge in [-0.25, -0.2) is 9.78 Å². The Morgan fingerprint density at radius 3 is 2.91 bits per heavy atom. The molecule has 0 aliphatic carbocycles. The van der Waals surface area contributed by atoms with E-state index in [9.17, 15) is 9.59 Å². The lowest BCUT2D eigenvalue weighted by atomic mass is 10.1. The average molecular weight is 297 g/mol. The van der Waals surface area contributed by atoms with Crippen LogP contribution >= 0.6 is 0 Å². The molecule has 2 aromatic rings. The number of nitriles is 1. The number of hydrogen-bond acceptors (Lipinski definition) is 6. The minimum atomic E-state index is -0.496. The number of rotatable bonds is 3. The second-order valence-electron chi connectivity index (χ2n) is 4.79. The normalized spacial score (nSPS) is 14.0. The zero-order valence-corrected chi connectivity index (χ0v) is 11.4. The van der Waals surface area contributed by atoms with Crippen molar-refractivity contribution < 1.29 is 13.9 Å². The first-order chi connectivity index (χ1) is 10.7. The highest BCUT2D eigenvalue weighted by atomic mass is 16.5. The molecule has 1 saturated heterocycles. The molecular weight excluding hydrogens is 286 g/mol. The third-order valence-electron chi connectivity index (χ3n) is 3.23. The summed E-state index contributed by atoms with van der Waals surface area (Å²) in [6.45, 7) is 0.826. The van der Waals surface area contributed by atoms with E-state index in [-0.39, 0.29) is 12.0 Å². The lowest BCUT2D eigenvalue weighted by Crippen LogP contribution is -2.56. The molecule has 0 N–H and O–H groups in total. The van der Waals surface area contributed by atoms with Gasteiger partial charge in [0.2, 0.25) is 5.88 Å². The number of pyridine rings is 1. The molecule has 1 aliphatic rings. The average Bonchev–Trinajstić information content (AvgIpc) is 2.51. The van der Waals surface area contributed by atoms with Crippen LogP contribution in [0.3, 0.4) is 0 Å². The van der Waals surface area contributed by atoms with Crippen molar-refractivity contribution in [1.82, 2.24) is 9.88 Å². The summed E-state index contributed by atoms with van der Waals surface area (Å²) in [5, 5.41) is 8.81. The molecular formula is C15H11N3O4. The number of hydrogen-bond donors (Lipinski definition) is 0. The predicted octanol–water partition coefficient (Wildman–Crippen LogP) is 0.810. The first kappa shape index (κ1) is 13.8. The van der Waals surface area contributed by atoms with Gasteiger partial charge in [0.1, 0.15) is 12.4 Å². The van der Waals surface area contributed by atoms with Crippen molar-refractivity contribution in [3.8, 4) is 11.9 Å². The number of carbonyl (C=O) groups excluding carboxylic acids is 1. The van der Waals surface area contributed by atoms with E-state index in [0.717, 1.165) is 6.26 Å². The van der Waals surface area contributed by atoms with E-state index in [4.69, 9.17) is 10.00 Å². The lowest BCUT2D eigenvalue weighted by Gasteiger charge is -2.38. The summed E-state index contributed by atoms with van der Waals surface area (Å²) in [5.41, 5.74) is 0.295. The van der Waals surface area contributed by atoms with Crippen LogP contribution in [0.1, 0.15) is 15.9 Å². The maximum absolute atomic E-state index is 12.1. The molecule has 0 aromatic carbocycles. The summed E-state index contributed by atoms with van der Waals surface area (Å²) >= 11 is 0. The molecule has 7 heteroatoms. The third kappa shape index (κ3) is 2.81. The first-order valence-corrected chi connectivity index (χ1v) is 6.56. The molecule has 0 atom stereocenters. The monoisotopic (exact) mass is 297 g/mol. The van der Waals surface area contributed by atoms with E-state index in [1.165, 1.54) is 18.3 Å². The van der Waals surface area contributed by atoms with Crippen molar-refractivity contribution in [2.45, 2.75) is 6.10 Å². The fourth-order valence-electron chi connectivity index (χ4n) is 2.05. The molecule has 1 fully saturated rings. The van der Waals surface area contributed by atoms with Gasteiger partial charge in [0.15, 0.2) is 0 Å². The van der Waals surface area contributed by atoms with Gasteiger partial charge >= 0.3 is 5.63 Å². The molecule has 0 saturated carbocycles. The number of ether oxygens (including phenoxy) is 1. The van der Waals surface area contributed by atoms with Crippen molar-refractivity contribution in [2.24, 2.45) is 0 Å². The number of aromatic nitrogens is 1. The summed E-state index contributed by atoms with van der Waals surface area (Å²) in [6, 6.07) is 7.79. The van der Waals surface area contributed by atoms with Gasteiger partial charge in [0, 0.05) is 18.3 Å². The highest BCUT2D eigenvalue weighted by Crippen LogP contribution is 2.18. The zero-order chi connectivity index (χ0) is 15.5. The Kier molecular flexibility index (Phi) is 3.58. The van der Waals surface area contributed by atoms with Crippen molar-refractivity contribution in [3.63, 3.8) is 0 Å². The van der Waals surface area contributed by atoms with Crippen LogP contribution in [0.15, 0.2) is 45.9 Å². The molecule has 3 rings (SSSR count). The molecule has 0 unspecified atom stereocenters. The Morgan fingerprint density at radius 2 is 2.23 bits per heavy atom. The Balaban J connectivity index is 1.57. The van der Waals surface area contributed by atoms with Crippen LogP contribution in [0.25, 0.3) is 0 Å². The Labute approximate surface area is 125 Å². The van der Waals surface area contributed by atoms with Crippen molar-refractivity contribution >= 4 is 5.91 Å². The summed E-state index contributed by atoms with van der Waals surface area (Å²) in [4.78, 5) is 28.5. The van der Waals surface area contributed by atoms with Crippen molar-refractivity contribution in [1.29, 1.82) is 5.26 Å². The van der Waals surface area contributed by atoms with Gasteiger partial charge in [-0.3, -0.25) is 4.79 Å². The van der Waals surface area contributed by atoms with Crippen LogP contribution in [-0.4, -0.2) is 35.0 Å². The molecule has 22 heavy (non-hydrogen) atoms. The largest absolute Gasteiger partial charge is 0.471 e. The van der Waals surface area contributed by atoms with E-state index in [0.29, 0.717) is 30.1 Å². The van der Waals surface area contributed by atoms with E-state index in [1.54, 1.807) is 17.0 Å². The summed E-state index contributed by atoms with van der Waals surface area (Å²) in [6.07, 6.45) is 2.49. The molecule has 1 aliphatic heterocycles. The number of carbonyl (C=O) groups is 1. The van der Waals surface area contributed by atoms with E-state index < -0.39 is 5.63 Å². The Bertz CT molecular complexity index is 782. The molecule has 1 amide bonds. The van der Waals surface area contributed by atoms with Gasteiger partial charge in [-0.15, -0.1) is 0 Å². The van der Waals surface area contributed by atoms with Crippen LogP contribution in [0.2, 0.25) is 0 Å². The maximum Gasteiger partial charge on any atom is 0.335 e.